The molecular weight excluding hydrogens is 406 g/mol. The predicted octanol–water partition coefficient (Wildman–Crippen LogP) is 6.27. The molecule has 0 unspecified atom stereocenters. The fraction of sp³-hybridized carbons (Fsp3) is 0.111. The largest absolute Gasteiger partial charge is 0.505 e. The summed E-state index contributed by atoms with van der Waals surface area (Å²) in [5.74, 6) is -0.392. The molecular formula is C18H10Cl4O3. The van der Waals surface area contributed by atoms with E-state index in [9.17, 15) is 10.2 Å². The second-order valence-electron chi connectivity index (χ2n) is 5.68. The highest BCUT2D eigenvalue weighted by molar-refractivity contribution is 6.49. The van der Waals surface area contributed by atoms with Crippen LogP contribution in [0.25, 0.3) is 10.8 Å². The summed E-state index contributed by atoms with van der Waals surface area (Å²) in [6.45, 7) is 0. The minimum absolute atomic E-state index is 0.0298. The van der Waals surface area contributed by atoms with E-state index >= 15 is 0 Å². The second kappa shape index (κ2) is 6.20. The standard InChI is InChI=1S/C18H10Cl4O3/c19-12-11(13(20)15(22)16(23)14(12)21)17-8-5-1-3-7-4-2-6-9(10(7)8)18(24)25-17/h1-6,17-18,23-24H/t17-,18-/m0/s1. The van der Waals surface area contributed by atoms with E-state index in [4.69, 9.17) is 51.1 Å². The summed E-state index contributed by atoms with van der Waals surface area (Å²) in [7, 11) is 0. The smallest absolute Gasteiger partial charge is 0.182 e. The Morgan fingerprint density at radius 3 is 1.96 bits per heavy atom. The number of phenols is 1. The third-order valence-electron chi connectivity index (χ3n) is 4.32. The molecule has 0 saturated carbocycles. The van der Waals surface area contributed by atoms with Gasteiger partial charge in [-0.05, 0) is 16.3 Å². The van der Waals surface area contributed by atoms with E-state index < -0.39 is 18.1 Å². The van der Waals surface area contributed by atoms with Gasteiger partial charge in [0.1, 0.15) is 16.1 Å². The first-order valence-electron chi connectivity index (χ1n) is 7.31. The quantitative estimate of drug-likeness (QED) is 0.460. The van der Waals surface area contributed by atoms with E-state index in [0.717, 1.165) is 16.3 Å². The van der Waals surface area contributed by atoms with Crippen LogP contribution in [0.2, 0.25) is 20.1 Å². The Kier molecular flexibility index (Phi) is 4.27. The average Bonchev–Trinajstić information content (AvgIpc) is 2.62. The molecule has 0 amide bonds. The van der Waals surface area contributed by atoms with Crippen molar-refractivity contribution in [3.8, 4) is 5.75 Å². The van der Waals surface area contributed by atoms with Crippen molar-refractivity contribution >= 4 is 57.2 Å². The maximum atomic E-state index is 10.5. The normalized spacial score (nSPS) is 19.4. The van der Waals surface area contributed by atoms with Crippen molar-refractivity contribution < 1.29 is 14.9 Å². The zero-order valence-electron chi connectivity index (χ0n) is 12.4. The monoisotopic (exact) mass is 414 g/mol. The molecule has 2 atom stereocenters. The Labute approximate surface area is 163 Å². The molecule has 0 fully saturated rings. The van der Waals surface area contributed by atoms with Crippen LogP contribution in [0, 0.1) is 0 Å². The molecule has 0 spiro atoms. The molecule has 1 aliphatic heterocycles. The van der Waals surface area contributed by atoms with Crippen molar-refractivity contribution in [1.29, 1.82) is 0 Å². The molecule has 128 valence electrons. The number of rotatable bonds is 1. The molecule has 2 N–H and O–H groups in total. The molecule has 7 heteroatoms. The number of hydrogen-bond acceptors (Lipinski definition) is 3. The summed E-state index contributed by atoms with van der Waals surface area (Å²) in [5, 5.41) is 22.0. The number of phenolic OH excluding ortho intramolecular Hbond substituents is 1. The summed E-state index contributed by atoms with van der Waals surface area (Å²) >= 11 is 24.8. The van der Waals surface area contributed by atoms with Gasteiger partial charge in [-0.2, -0.15) is 0 Å². The van der Waals surface area contributed by atoms with E-state index in [2.05, 4.69) is 0 Å². The molecule has 0 bridgehead atoms. The van der Waals surface area contributed by atoms with Gasteiger partial charge < -0.3 is 14.9 Å². The lowest BCUT2D eigenvalue weighted by atomic mass is 9.90. The van der Waals surface area contributed by atoms with Crippen molar-refractivity contribution in [3.63, 3.8) is 0 Å². The van der Waals surface area contributed by atoms with Crippen LogP contribution in [0.5, 0.6) is 5.75 Å². The van der Waals surface area contributed by atoms with Crippen LogP contribution < -0.4 is 0 Å². The van der Waals surface area contributed by atoms with Gasteiger partial charge in [-0.1, -0.05) is 82.8 Å². The third kappa shape index (κ3) is 2.50. The lowest BCUT2D eigenvalue weighted by Crippen LogP contribution is -2.18. The first-order chi connectivity index (χ1) is 11.9. The van der Waals surface area contributed by atoms with E-state index in [1.807, 2.05) is 30.3 Å². The van der Waals surface area contributed by atoms with Gasteiger partial charge >= 0.3 is 0 Å². The van der Waals surface area contributed by atoms with Gasteiger partial charge in [0.05, 0.1) is 10.0 Å². The average molecular weight is 416 g/mol. The van der Waals surface area contributed by atoms with Gasteiger partial charge in [0.25, 0.3) is 0 Å². The van der Waals surface area contributed by atoms with Gasteiger partial charge in [0.15, 0.2) is 12.0 Å². The number of aromatic hydroxyl groups is 1. The Hall–Kier alpha value is -1.20. The molecule has 3 aromatic carbocycles. The summed E-state index contributed by atoms with van der Waals surface area (Å²) in [6.07, 6.45) is -1.95. The van der Waals surface area contributed by atoms with Crippen molar-refractivity contribution in [2.75, 3.05) is 0 Å². The Bertz CT molecular complexity index is 985. The topological polar surface area (TPSA) is 49.7 Å². The van der Waals surface area contributed by atoms with Crippen molar-refractivity contribution in [2.24, 2.45) is 0 Å². The molecule has 3 aromatic rings. The third-order valence-corrected chi connectivity index (χ3v) is 6.03. The Morgan fingerprint density at radius 2 is 1.36 bits per heavy atom. The van der Waals surface area contributed by atoms with Crippen molar-refractivity contribution in [1.82, 2.24) is 0 Å². The first-order valence-corrected chi connectivity index (χ1v) is 8.83. The van der Waals surface area contributed by atoms with Gasteiger partial charge in [-0.3, -0.25) is 0 Å². The van der Waals surface area contributed by atoms with Crippen molar-refractivity contribution in [2.45, 2.75) is 12.4 Å². The zero-order chi connectivity index (χ0) is 17.9. The first kappa shape index (κ1) is 17.2. The van der Waals surface area contributed by atoms with Crippen LogP contribution in [-0.2, 0) is 4.74 Å². The Balaban J connectivity index is 2.06. The number of ether oxygens (including phenoxy) is 1. The van der Waals surface area contributed by atoms with Crippen LogP contribution in [0.4, 0.5) is 0 Å². The number of benzene rings is 3. The molecule has 0 radical (unpaired) electrons. The highest BCUT2D eigenvalue weighted by atomic mass is 35.5. The zero-order valence-corrected chi connectivity index (χ0v) is 15.5. The lowest BCUT2D eigenvalue weighted by molar-refractivity contribution is -0.132. The second-order valence-corrected chi connectivity index (χ2v) is 7.19. The van der Waals surface area contributed by atoms with Crippen LogP contribution in [-0.4, -0.2) is 10.2 Å². The Morgan fingerprint density at radius 1 is 0.800 bits per heavy atom. The minimum atomic E-state index is -1.16. The number of halogens is 4. The minimum Gasteiger partial charge on any atom is -0.505 e. The highest BCUT2D eigenvalue weighted by Gasteiger charge is 2.34. The SMILES string of the molecule is Oc1c(Cl)c(Cl)c([C@H]2O[C@H](O)c3cccc4cccc2c34)c(Cl)c1Cl. The van der Waals surface area contributed by atoms with Crippen LogP contribution in [0.1, 0.15) is 29.1 Å². The summed E-state index contributed by atoms with van der Waals surface area (Å²) in [5.41, 5.74) is 1.74. The number of aliphatic hydroxyl groups excluding tert-OH is 1. The van der Waals surface area contributed by atoms with Crippen molar-refractivity contribution in [3.05, 3.63) is 73.2 Å². The molecule has 0 aliphatic carbocycles. The van der Waals surface area contributed by atoms with Crippen LogP contribution >= 0.6 is 46.4 Å². The fourth-order valence-corrected chi connectivity index (χ4v) is 4.25. The summed E-state index contributed by atoms with van der Waals surface area (Å²) in [6, 6.07) is 11.3. The van der Waals surface area contributed by atoms with Crippen LogP contribution in [0.3, 0.4) is 0 Å². The predicted molar refractivity (Wildman–Crippen MR) is 100.0 cm³/mol. The van der Waals surface area contributed by atoms with Gasteiger partial charge in [-0.15, -0.1) is 0 Å². The molecule has 25 heavy (non-hydrogen) atoms. The van der Waals surface area contributed by atoms with E-state index in [1.54, 1.807) is 6.07 Å². The molecule has 4 rings (SSSR count). The lowest BCUT2D eigenvalue weighted by Gasteiger charge is -2.31. The van der Waals surface area contributed by atoms with Gasteiger partial charge in [0, 0.05) is 11.1 Å². The number of aliphatic hydroxyl groups is 1. The maximum Gasteiger partial charge on any atom is 0.182 e. The fourth-order valence-electron chi connectivity index (χ4n) is 3.19. The molecule has 1 heterocycles. The van der Waals surface area contributed by atoms with E-state index in [0.29, 0.717) is 11.1 Å². The molecule has 3 nitrogen and oxygen atoms in total. The van der Waals surface area contributed by atoms with E-state index in [1.165, 1.54) is 0 Å². The van der Waals surface area contributed by atoms with Gasteiger partial charge in [-0.25, -0.2) is 0 Å². The van der Waals surface area contributed by atoms with Gasteiger partial charge in [0.2, 0.25) is 0 Å². The number of hydrogen-bond donors (Lipinski definition) is 2. The molecule has 0 aromatic heterocycles. The molecule has 0 saturated heterocycles. The maximum absolute atomic E-state index is 10.5. The van der Waals surface area contributed by atoms with E-state index in [-0.39, 0.29) is 20.1 Å². The summed E-state index contributed by atoms with van der Waals surface area (Å²) in [4.78, 5) is 0. The summed E-state index contributed by atoms with van der Waals surface area (Å²) < 4.78 is 5.79. The van der Waals surface area contributed by atoms with Crippen LogP contribution in [0.15, 0.2) is 36.4 Å². The molecule has 1 aliphatic rings. The highest BCUT2D eigenvalue weighted by Crippen LogP contribution is 2.52.